The third-order valence-electron chi connectivity index (χ3n) is 15.6. The normalized spacial score (nSPS) is 22.6. The van der Waals surface area contributed by atoms with Gasteiger partial charge in [-0.1, -0.05) is 33.0 Å². The third-order valence-corrected chi connectivity index (χ3v) is 19.5. The number of rotatable bonds is 12. The Morgan fingerprint density at radius 2 is 1.59 bits per heavy atom. The lowest BCUT2D eigenvalue weighted by Crippen LogP contribution is -2.55. The zero-order valence-corrected chi connectivity index (χ0v) is 45.4. The first-order valence-electron chi connectivity index (χ1n) is 26.0. The Bertz CT molecular complexity index is 3200. The molecule has 18 nitrogen and oxygen atoms in total. The summed E-state index contributed by atoms with van der Waals surface area (Å²) in [6.07, 6.45) is 8.90. The Morgan fingerprint density at radius 3 is 2.29 bits per heavy atom. The standard InChI is InChI=1S/C54H65FN10O8SSi/c1-28(2)44(61-52(68)70-5)49(66)63-16-9-10-38(63)46-56-23-35(59-46)30-13-14-37-33(18-30)20-39-43-34(55)19-32(21-41(43)73-51(65(37)39)42-25-58-48(74-42)29-11-12-29)36-24-57-47(60-36)40-26-75(7,8)27-64(40)50(67)45(62-53(69)71-6)31-15-17-72-54(3,4)22-31/h13-14,18-21,23-25,28-29,31,38,40,44-45,51H,9-12,15-17,22,26-27H2,1-8H3,(H,56,59)(H,57,60)(H,61,68)(H,62,69)/t31-,38+,40+,44?,45+,51+/m1/s1. The smallest absolute Gasteiger partial charge is 0.407 e. The molecule has 1 aliphatic carbocycles. The number of H-pyrrole nitrogens is 2. The zero-order valence-electron chi connectivity index (χ0n) is 43.6. The molecular weight excluding hydrogens is 996 g/mol. The number of nitrogens with zero attached hydrogens (tertiary/aromatic N) is 6. The van der Waals surface area contributed by atoms with E-state index in [1.807, 2.05) is 63.1 Å². The van der Waals surface area contributed by atoms with Crippen LogP contribution in [0.5, 0.6) is 5.75 Å². The van der Waals surface area contributed by atoms with Gasteiger partial charge in [0.25, 0.3) is 0 Å². The number of aromatic nitrogens is 6. The van der Waals surface area contributed by atoms with Gasteiger partial charge in [-0.2, -0.15) is 0 Å². The fourth-order valence-corrected chi connectivity index (χ4v) is 15.8. The number of thiazole rings is 1. The number of amides is 4. The highest BCUT2D eigenvalue weighted by Crippen LogP contribution is 2.50. The second kappa shape index (κ2) is 19.5. The summed E-state index contributed by atoms with van der Waals surface area (Å²) in [5, 5.41) is 7.53. The van der Waals surface area contributed by atoms with Crippen LogP contribution in [-0.4, -0.2) is 123 Å². The predicted octanol–water partition coefficient (Wildman–Crippen LogP) is 9.61. The van der Waals surface area contributed by atoms with Crippen molar-refractivity contribution in [1.29, 1.82) is 0 Å². The van der Waals surface area contributed by atoms with Crippen LogP contribution in [0, 0.1) is 17.7 Å². The fraction of sp³-hybridized carbons (Fsp3) is 0.500. The number of imidazole rings is 2. The molecule has 2 aromatic carbocycles. The van der Waals surface area contributed by atoms with Gasteiger partial charge in [-0.05, 0) is 101 Å². The van der Waals surface area contributed by atoms with Gasteiger partial charge in [-0.3, -0.25) is 14.2 Å². The number of methoxy groups -OCH3 is 2. The summed E-state index contributed by atoms with van der Waals surface area (Å²) in [4.78, 5) is 79.5. The van der Waals surface area contributed by atoms with Gasteiger partial charge >= 0.3 is 12.2 Å². The number of fused-ring (bicyclic) bond motifs is 5. The molecule has 0 bridgehead atoms. The molecule has 8 heterocycles. The first-order valence-corrected chi connectivity index (χ1v) is 30.3. The van der Waals surface area contributed by atoms with Crippen molar-refractivity contribution in [3.05, 3.63) is 82.3 Å². The van der Waals surface area contributed by atoms with Crippen LogP contribution in [0.1, 0.15) is 112 Å². The van der Waals surface area contributed by atoms with Gasteiger partial charge in [0.05, 0.1) is 90.4 Å². The van der Waals surface area contributed by atoms with Crippen molar-refractivity contribution in [3.8, 4) is 39.5 Å². The first-order chi connectivity index (χ1) is 35.9. The Morgan fingerprint density at radius 1 is 0.867 bits per heavy atom. The molecule has 4 N–H and O–H groups in total. The van der Waals surface area contributed by atoms with Crippen molar-refractivity contribution in [1.82, 2.24) is 49.9 Å². The number of hydrogen-bond donors (Lipinski definition) is 4. The van der Waals surface area contributed by atoms with Crippen LogP contribution in [0.25, 0.3) is 44.7 Å². The van der Waals surface area contributed by atoms with Gasteiger partial charge in [0.2, 0.25) is 18.0 Å². The predicted molar refractivity (Wildman–Crippen MR) is 282 cm³/mol. The van der Waals surface area contributed by atoms with Crippen molar-refractivity contribution >= 4 is 54.3 Å². The number of halogens is 1. The molecular formula is C54H65FN10O8SSi. The van der Waals surface area contributed by atoms with Gasteiger partial charge < -0.3 is 49.3 Å². The van der Waals surface area contributed by atoms with Gasteiger partial charge in [0, 0.05) is 47.9 Å². The van der Waals surface area contributed by atoms with E-state index in [1.54, 1.807) is 28.6 Å². The monoisotopic (exact) mass is 1060 g/mol. The lowest BCUT2D eigenvalue weighted by atomic mass is 9.82. The highest BCUT2D eigenvalue weighted by molar-refractivity contribution is 7.11. The summed E-state index contributed by atoms with van der Waals surface area (Å²) in [6, 6.07) is 9.96. The molecule has 6 atom stereocenters. The molecule has 11 rings (SSSR count). The lowest BCUT2D eigenvalue weighted by molar-refractivity contribution is -0.139. The van der Waals surface area contributed by atoms with Crippen LogP contribution in [0.15, 0.2) is 55.0 Å². The van der Waals surface area contributed by atoms with E-state index in [0.717, 1.165) is 63.8 Å². The molecule has 4 amide bonds. The average Bonchev–Trinajstić information content (AvgIpc) is 4.07. The molecule has 1 unspecified atom stereocenters. The molecule has 4 fully saturated rings. The summed E-state index contributed by atoms with van der Waals surface area (Å²) >= 11 is 1.62. The Labute approximate surface area is 439 Å². The van der Waals surface area contributed by atoms with Crippen molar-refractivity contribution in [2.45, 2.75) is 127 Å². The summed E-state index contributed by atoms with van der Waals surface area (Å²) in [5.41, 5.74) is 4.13. The highest BCUT2D eigenvalue weighted by atomic mass is 32.1. The van der Waals surface area contributed by atoms with Gasteiger partial charge in [0.1, 0.15) is 35.3 Å². The summed E-state index contributed by atoms with van der Waals surface area (Å²) < 4.78 is 41.9. The van der Waals surface area contributed by atoms with Crippen molar-refractivity contribution < 1.29 is 42.5 Å². The van der Waals surface area contributed by atoms with Crippen LogP contribution >= 0.6 is 11.3 Å². The van der Waals surface area contributed by atoms with Crippen LogP contribution in [-0.2, 0) is 23.8 Å². The van der Waals surface area contributed by atoms with E-state index in [0.29, 0.717) is 78.0 Å². The largest absolute Gasteiger partial charge is 0.464 e. The second-order valence-corrected chi connectivity index (χ2v) is 28.7. The Hall–Kier alpha value is -6.58. The van der Waals surface area contributed by atoms with E-state index >= 15 is 4.39 Å². The molecule has 4 aromatic heterocycles. The van der Waals surface area contributed by atoms with Crippen molar-refractivity contribution in [2.24, 2.45) is 11.8 Å². The lowest BCUT2D eigenvalue weighted by Gasteiger charge is -2.40. The molecule has 0 spiro atoms. The van der Waals surface area contributed by atoms with E-state index < -0.39 is 50.0 Å². The number of alkyl carbamates (subject to hydrolysis) is 2. The minimum Gasteiger partial charge on any atom is -0.464 e. The molecule has 396 valence electrons. The van der Waals surface area contributed by atoms with Crippen molar-refractivity contribution in [2.75, 3.05) is 33.5 Å². The number of ether oxygens (including phenoxy) is 4. The zero-order chi connectivity index (χ0) is 52.7. The number of carbonyl (C=O) groups excluding carboxylic acids is 4. The summed E-state index contributed by atoms with van der Waals surface area (Å²) in [6.45, 7) is 13.3. The fourth-order valence-electron chi connectivity index (χ4n) is 11.8. The summed E-state index contributed by atoms with van der Waals surface area (Å²) in [5.74, 6) is 0.920. The van der Waals surface area contributed by atoms with E-state index in [-0.39, 0.29) is 35.7 Å². The number of aromatic amines is 2. The van der Waals surface area contributed by atoms with Gasteiger partial charge in [-0.15, -0.1) is 11.3 Å². The highest BCUT2D eigenvalue weighted by Gasteiger charge is 2.48. The van der Waals surface area contributed by atoms with E-state index in [4.69, 9.17) is 33.9 Å². The minimum atomic E-state index is -1.96. The van der Waals surface area contributed by atoms with Crippen LogP contribution < -0.4 is 15.4 Å². The second-order valence-electron chi connectivity index (χ2n) is 22.6. The number of nitrogens with one attached hydrogen (secondary N) is 4. The third kappa shape index (κ3) is 9.70. The molecule has 4 aliphatic heterocycles. The van der Waals surface area contributed by atoms with Crippen LogP contribution in [0.3, 0.4) is 0 Å². The Balaban J connectivity index is 0.906. The Kier molecular flexibility index (Phi) is 13.2. The summed E-state index contributed by atoms with van der Waals surface area (Å²) in [7, 11) is 0.620. The van der Waals surface area contributed by atoms with E-state index in [1.165, 1.54) is 20.3 Å². The molecule has 1 saturated carbocycles. The molecule has 5 aliphatic rings. The maximum atomic E-state index is 17.2. The number of likely N-dealkylation sites (tertiary alicyclic amines) is 1. The van der Waals surface area contributed by atoms with Gasteiger partial charge in [-0.25, -0.2) is 28.9 Å². The van der Waals surface area contributed by atoms with E-state index in [9.17, 15) is 19.2 Å². The minimum absolute atomic E-state index is 0.157. The average molecular weight is 1060 g/mol. The van der Waals surface area contributed by atoms with Gasteiger partial charge in [0.15, 0.2) is 0 Å². The maximum Gasteiger partial charge on any atom is 0.407 e. The topological polar surface area (TPSA) is 211 Å². The molecule has 0 radical (unpaired) electrons. The maximum absolute atomic E-state index is 17.2. The molecule has 6 aromatic rings. The quantitative estimate of drug-likeness (QED) is 0.0848. The van der Waals surface area contributed by atoms with Crippen molar-refractivity contribution in [3.63, 3.8) is 0 Å². The van der Waals surface area contributed by atoms with Crippen LogP contribution in [0.4, 0.5) is 14.0 Å². The molecule has 75 heavy (non-hydrogen) atoms. The number of carbonyl (C=O) groups is 4. The SMILES string of the molecule is COC(=O)NC(C(=O)N1CCC[C@H]1c1ncc(-c2ccc3c(c2)cc2n3[C@H](c3cnc(C4CC4)s3)Oc3cc(-c4cnc([C@@H]5C[Si](C)(C)CN5C(=O)[C@@H](NC(=O)OC)[C@@H]5CCOC(C)(C)C5)[nH]4)cc(F)c3-2)[nH]1)C(C)C. The number of benzene rings is 2. The van der Waals surface area contributed by atoms with Crippen LogP contribution in [0.2, 0.25) is 19.1 Å². The number of hydrogen-bond acceptors (Lipinski definition) is 12. The molecule has 3 saturated heterocycles. The molecule has 21 heteroatoms. The van der Waals surface area contributed by atoms with E-state index in [2.05, 4.69) is 44.3 Å². The first kappa shape index (κ1) is 50.6.